The van der Waals surface area contributed by atoms with E-state index in [0.717, 1.165) is 12.3 Å². The van der Waals surface area contributed by atoms with E-state index in [9.17, 15) is 21.6 Å². The first-order valence-electron chi connectivity index (χ1n) is 3.43. The number of anilines is 1. The van der Waals surface area contributed by atoms with E-state index in [1.807, 2.05) is 0 Å². The monoisotopic (exact) mass is 296 g/mol. The molecule has 0 aliphatic carbocycles. The van der Waals surface area contributed by atoms with Crippen LogP contribution in [-0.2, 0) is 10.0 Å². The number of pyridine rings is 1. The van der Waals surface area contributed by atoms with Crippen molar-refractivity contribution in [3.05, 3.63) is 23.4 Å². The van der Waals surface area contributed by atoms with Gasteiger partial charge in [0.25, 0.3) is 0 Å². The fourth-order valence-corrected chi connectivity index (χ4v) is 1.26. The van der Waals surface area contributed by atoms with Gasteiger partial charge in [0.05, 0.1) is 5.02 Å². The Kier molecular flexibility index (Phi) is 4.84. The van der Waals surface area contributed by atoms with Crippen LogP contribution in [0.5, 0.6) is 0 Å². The summed E-state index contributed by atoms with van der Waals surface area (Å²) in [6.45, 7) is 0. The molecule has 0 aliphatic heterocycles. The average molecular weight is 297 g/mol. The molecule has 1 rings (SSSR count). The molecule has 1 N–H and O–H groups in total. The highest BCUT2D eigenvalue weighted by Crippen LogP contribution is 2.24. The lowest BCUT2D eigenvalue weighted by Crippen LogP contribution is -2.30. The number of hydrogen-bond donors (Lipinski definition) is 1. The summed E-state index contributed by atoms with van der Waals surface area (Å²) in [6.07, 6.45) is 1.02. The van der Waals surface area contributed by atoms with Gasteiger partial charge in [0, 0.05) is 6.20 Å². The molecule has 0 aliphatic rings. The van der Waals surface area contributed by atoms with Gasteiger partial charge in [-0.05, 0) is 12.1 Å². The van der Waals surface area contributed by atoms with Crippen molar-refractivity contribution in [2.45, 2.75) is 5.51 Å². The van der Waals surface area contributed by atoms with Gasteiger partial charge in [-0.25, -0.2) is 4.98 Å². The van der Waals surface area contributed by atoms with Crippen LogP contribution in [0, 0.1) is 0 Å². The van der Waals surface area contributed by atoms with Crippen LogP contribution in [0.4, 0.5) is 19.0 Å². The zero-order valence-electron chi connectivity index (χ0n) is 7.32. The molecule has 10 heteroatoms. The summed E-state index contributed by atoms with van der Waals surface area (Å²) in [5.41, 5.74) is -5.37. The molecule has 0 unspecified atom stereocenters. The molecule has 0 atom stereocenters. The van der Waals surface area contributed by atoms with E-state index in [1.165, 1.54) is 10.8 Å². The second-order valence-corrected chi connectivity index (χ2v) is 4.52. The second-order valence-electron chi connectivity index (χ2n) is 2.41. The van der Waals surface area contributed by atoms with Gasteiger partial charge in [0.1, 0.15) is 5.82 Å². The van der Waals surface area contributed by atoms with Crippen molar-refractivity contribution >= 4 is 39.8 Å². The van der Waals surface area contributed by atoms with Crippen LogP contribution in [0.1, 0.15) is 0 Å². The number of nitrogens with zero attached hydrogens (tertiary/aromatic N) is 1. The maximum atomic E-state index is 11.9. The third-order valence-corrected chi connectivity index (χ3v) is 2.58. The minimum Gasteiger partial charge on any atom is -0.260 e. The maximum absolute atomic E-state index is 11.9. The van der Waals surface area contributed by atoms with Crippen molar-refractivity contribution in [3.8, 4) is 0 Å². The van der Waals surface area contributed by atoms with Gasteiger partial charge < -0.3 is 0 Å². The number of aromatic nitrogens is 1. The first kappa shape index (κ1) is 15.3. The van der Waals surface area contributed by atoms with Gasteiger partial charge in [-0.15, -0.1) is 12.4 Å². The first-order valence-corrected chi connectivity index (χ1v) is 5.29. The summed E-state index contributed by atoms with van der Waals surface area (Å²) in [7, 11) is -5.42. The molecular formula is C6H5Cl2F3N2O2S. The Morgan fingerprint density at radius 1 is 1.31 bits per heavy atom. The molecule has 0 spiro atoms. The fourth-order valence-electron chi connectivity index (χ4n) is 0.632. The molecule has 1 aromatic heterocycles. The largest absolute Gasteiger partial charge is 0.516 e. The molecule has 0 bridgehead atoms. The Hall–Kier alpha value is -0.730. The van der Waals surface area contributed by atoms with Gasteiger partial charge in [-0.2, -0.15) is 21.6 Å². The molecular weight excluding hydrogens is 292 g/mol. The molecule has 1 aromatic rings. The summed E-state index contributed by atoms with van der Waals surface area (Å²) < 4.78 is 58.1. The molecule has 0 fully saturated rings. The number of hydrogen-bond acceptors (Lipinski definition) is 3. The summed E-state index contributed by atoms with van der Waals surface area (Å²) in [5.74, 6) is -0.447. The summed E-state index contributed by atoms with van der Waals surface area (Å²) in [6, 6.07) is 2.23. The van der Waals surface area contributed by atoms with Crippen molar-refractivity contribution in [1.82, 2.24) is 4.98 Å². The minimum absolute atomic E-state index is 0. The van der Waals surface area contributed by atoms with Crippen molar-refractivity contribution < 1.29 is 21.6 Å². The Morgan fingerprint density at radius 3 is 2.25 bits per heavy atom. The van der Waals surface area contributed by atoms with Crippen LogP contribution in [0.3, 0.4) is 0 Å². The number of halogens is 5. The Labute approximate surface area is 100 Å². The molecule has 92 valence electrons. The molecule has 1 heterocycles. The van der Waals surface area contributed by atoms with Gasteiger partial charge in [0.2, 0.25) is 0 Å². The van der Waals surface area contributed by atoms with Crippen molar-refractivity contribution in [3.63, 3.8) is 0 Å². The standard InChI is InChI=1S/C6H4ClF3N2O2S.ClH/c7-4-1-2-5(11-3-4)12-15(13,14)6(8,9)10;/h1-3H,(H,11,12);1H. The molecule has 0 aromatic carbocycles. The Bertz CT molecular complexity index is 446. The fraction of sp³-hybridized carbons (Fsp3) is 0.167. The number of nitrogens with one attached hydrogen (secondary N) is 1. The van der Waals surface area contributed by atoms with Crippen LogP contribution in [0.15, 0.2) is 18.3 Å². The summed E-state index contributed by atoms with van der Waals surface area (Å²) in [4.78, 5) is 3.35. The number of sulfonamides is 1. The van der Waals surface area contributed by atoms with E-state index in [2.05, 4.69) is 4.98 Å². The first-order chi connectivity index (χ1) is 6.72. The summed E-state index contributed by atoms with van der Waals surface area (Å²) in [5, 5.41) is 0.185. The lowest BCUT2D eigenvalue weighted by atomic mass is 10.5. The van der Waals surface area contributed by atoms with E-state index in [-0.39, 0.29) is 17.4 Å². The quantitative estimate of drug-likeness (QED) is 0.912. The third kappa shape index (κ3) is 3.69. The molecule has 0 amide bonds. The topological polar surface area (TPSA) is 59.1 Å². The van der Waals surface area contributed by atoms with Crippen molar-refractivity contribution in [2.75, 3.05) is 4.72 Å². The van der Waals surface area contributed by atoms with Gasteiger partial charge in [0.15, 0.2) is 0 Å². The molecule has 0 radical (unpaired) electrons. The van der Waals surface area contributed by atoms with Crippen LogP contribution in [0.25, 0.3) is 0 Å². The van der Waals surface area contributed by atoms with Crippen LogP contribution < -0.4 is 4.72 Å². The number of alkyl halides is 3. The van der Waals surface area contributed by atoms with E-state index < -0.39 is 21.3 Å². The van der Waals surface area contributed by atoms with Gasteiger partial charge in [-0.1, -0.05) is 11.6 Å². The van der Waals surface area contributed by atoms with Crippen LogP contribution >= 0.6 is 24.0 Å². The molecule has 0 saturated carbocycles. The zero-order valence-corrected chi connectivity index (χ0v) is 9.71. The second kappa shape index (κ2) is 5.07. The maximum Gasteiger partial charge on any atom is 0.516 e. The predicted molar refractivity (Wildman–Crippen MR) is 55.1 cm³/mol. The zero-order chi connectivity index (χ0) is 11.7. The highest BCUT2D eigenvalue weighted by Gasteiger charge is 2.46. The normalized spacial score (nSPS) is 11.8. The van der Waals surface area contributed by atoms with E-state index in [4.69, 9.17) is 11.6 Å². The predicted octanol–water partition coefficient (Wildman–Crippen LogP) is 2.42. The van der Waals surface area contributed by atoms with Gasteiger partial charge in [-0.3, -0.25) is 4.72 Å². The highest BCUT2D eigenvalue weighted by molar-refractivity contribution is 7.93. The Balaban J connectivity index is 0.00000225. The smallest absolute Gasteiger partial charge is 0.260 e. The molecule has 0 saturated heterocycles. The highest BCUT2D eigenvalue weighted by atomic mass is 35.5. The average Bonchev–Trinajstić information content (AvgIpc) is 2.06. The Morgan fingerprint density at radius 2 is 1.88 bits per heavy atom. The lowest BCUT2D eigenvalue weighted by molar-refractivity contribution is -0.0429. The summed E-state index contributed by atoms with van der Waals surface area (Å²) >= 11 is 5.41. The molecule has 4 nitrogen and oxygen atoms in total. The van der Waals surface area contributed by atoms with Crippen molar-refractivity contribution in [2.24, 2.45) is 0 Å². The van der Waals surface area contributed by atoms with Gasteiger partial charge >= 0.3 is 15.5 Å². The van der Waals surface area contributed by atoms with E-state index in [1.54, 1.807) is 0 Å². The minimum atomic E-state index is -5.42. The van der Waals surface area contributed by atoms with E-state index in [0.29, 0.717) is 0 Å². The van der Waals surface area contributed by atoms with Crippen LogP contribution in [0.2, 0.25) is 5.02 Å². The lowest BCUT2D eigenvalue weighted by Gasteiger charge is -2.09. The molecule has 16 heavy (non-hydrogen) atoms. The third-order valence-electron chi connectivity index (χ3n) is 1.27. The SMILES string of the molecule is Cl.O=S(=O)(Nc1ccc(Cl)cn1)C(F)(F)F. The number of rotatable bonds is 2. The van der Waals surface area contributed by atoms with Crippen molar-refractivity contribution in [1.29, 1.82) is 0 Å². The van der Waals surface area contributed by atoms with Crippen LogP contribution in [-0.4, -0.2) is 18.9 Å². The van der Waals surface area contributed by atoms with E-state index >= 15 is 0 Å².